The van der Waals surface area contributed by atoms with E-state index < -0.39 is 0 Å². The maximum atomic E-state index is 5.71. The Bertz CT molecular complexity index is 388. The number of fused-ring (bicyclic) bond motifs is 1. The van der Waals surface area contributed by atoms with Crippen molar-refractivity contribution in [1.82, 2.24) is 4.90 Å². The zero-order valence-corrected chi connectivity index (χ0v) is 11.8. The quantitative estimate of drug-likeness (QED) is 0.900. The molecule has 0 bridgehead atoms. The molecule has 1 N–H and O–H groups in total. The molecule has 3 heteroatoms. The largest absolute Gasteiger partial charge is 0.380 e. The van der Waals surface area contributed by atoms with Crippen molar-refractivity contribution in [2.75, 3.05) is 31.6 Å². The van der Waals surface area contributed by atoms with Gasteiger partial charge in [-0.3, -0.25) is 0 Å². The molecule has 1 unspecified atom stereocenters. The van der Waals surface area contributed by atoms with E-state index in [-0.39, 0.29) is 0 Å². The highest BCUT2D eigenvalue weighted by Crippen LogP contribution is 2.26. The molecule has 2 heterocycles. The van der Waals surface area contributed by atoms with Gasteiger partial charge in [0, 0.05) is 38.0 Å². The van der Waals surface area contributed by atoms with Gasteiger partial charge in [-0.15, -0.1) is 0 Å². The molecule has 1 aromatic rings. The molecule has 1 atom stereocenters. The fraction of sp³-hybridized carbons (Fsp3) is 0.625. The minimum atomic E-state index is 0.495. The molecule has 0 spiro atoms. The number of piperidine rings is 1. The van der Waals surface area contributed by atoms with Gasteiger partial charge < -0.3 is 15.0 Å². The maximum Gasteiger partial charge on any atom is 0.0599 e. The van der Waals surface area contributed by atoms with Gasteiger partial charge in [0.15, 0.2) is 0 Å². The van der Waals surface area contributed by atoms with Crippen LogP contribution in [0.3, 0.4) is 0 Å². The Balaban J connectivity index is 1.47. The highest BCUT2D eigenvalue weighted by molar-refractivity contribution is 5.56. The number of likely N-dealkylation sites (tertiary alicyclic amines) is 1. The van der Waals surface area contributed by atoms with Gasteiger partial charge >= 0.3 is 0 Å². The average molecular weight is 260 g/mol. The summed E-state index contributed by atoms with van der Waals surface area (Å²) in [6, 6.07) is 9.26. The lowest BCUT2D eigenvalue weighted by atomic mass is 10.1. The van der Waals surface area contributed by atoms with Gasteiger partial charge in [0.2, 0.25) is 0 Å². The molecule has 2 aliphatic rings. The molecular formula is C16H24N2O. The van der Waals surface area contributed by atoms with E-state index in [1.165, 1.54) is 43.6 Å². The van der Waals surface area contributed by atoms with Crippen molar-refractivity contribution in [2.24, 2.45) is 0 Å². The van der Waals surface area contributed by atoms with Crippen molar-refractivity contribution in [2.45, 2.75) is 38.3 Å². The summed E-state index contributed by atoms with van der Waals surface area (Å²) in [6.45, 7) is 6.46. The number of nitrogens with one attached hydrogen (secondary N) is 1. The first-order valence-corrected chi connectivity index (χ1v) is 7.53. The molecule has 19 heavy (non-hydrogen) atoms. The lowest BCUT2D eigenvalue weighted by molar-refractivity contribution is 0.0136. The summed E-state index contributed by atoms with van der Waals surface area (Å²) >= 11 is 0. The van der Waals surface area contributed by atoms with Crippen molar-refractivity contribution in [3.8, 4) is 0 Å². The number of ether oxygens (including phenoxy) is 1. The molecule has 0 saturated carbocycles. The van der Waals surface area contributed by atoms with Gasteiger partial charge in [0.1, 0.15) is 0 Å². The van der Waals surface area contributed by atoms with Gasteiger partial charge in [0.05, 0.1) is 6.10 Å². The minimum Gasteiger partial charge on any atom is -0.380 e. The Morgan fingerprint density at radius 2 is 2.05 bits per heavy atom. The van der Waals surface area contributed by atoms with Crippen LogP contribution in [0.4, 0.5) is 5.69 Å². The predicted molar refractivity (Wildman–Crippen MR) is 78.6 cm³/mol. The molecule has 0 aliphatic carbocycles. The van der Waals surface area contributed by atoms with Gasteiger partial charge in [-0.1, -0.05) is 18.2 Å². The first-order valence-electron chi connectivity index (χ1n) is 7.53. The molecule has 2 aliphatic heterocycles. The van der Waals surface area contributed by atoms with Crippen LogP contribution >= 0.6 is 0 Å². The summed E-state index contributed by atoms with van der Waals surface area (Å²) in [5.41, 5.74) is 2.80. The Hall–Kier alpha value is -1.06. The smallest absolute Gasteiger partial charge is 0.0599 e. The molecule has 1 saturated heterocycles. The van der Waals surface area contributed by atoms with E-state index in [0.717, 1.165) is 13.2 Å². The van der Waals surface area contributed by atoms with Crippen LogP contribution in [0, 0.1) is 0 Å². The minimum absolute atomic E-state index is 0.495. The number of hydrogen-bond acceptors (Lipinski definition) is 3. The van der Waals surface area contributed by atoms with E-state index in [4.69, 9.17) is 4.74 Å². The Labute approximate surface area is 115 Å². The van der Waals surface area contributed by atoms with Crippen molar-refractivity contribution in [3.05, 3.63) is 29.8 Å². The number of rotatable bonds is 4. The molecule has 1 fully saturated rings. The lowest BCUT2D eigenvalue weighted by Crippen LogP contribution is -2.42. The Morgan fingerprint density at radius 3 is 2.79 bits per heavy atom. The van der Waals surface area contributed by atoms with Crippen LogP contribution in [0.15, 0.2) is 24.3 Å². The normalized spacial score (nSPS) is 24.2. The number of anilines is 1. The van der Waals surface area contributed by atoms with E-state index in [1.54, 1.807) is 0 Å². The van der Waals surface area contributed by atoms with Gasteiger partial charge in [-0.2, -0.15) is 0 Å². The summed E-state index contributed by atoms with van der Waals surface area (Å²) in [5, 5.41) is 3.65. The van der Waals surface area contributed by atoms with Gasteiger partial charge in [0.25, 0.3) is 0 Å². The predicted octanol–water partition coefficient (Wildman–Crippen LogP) is 2.52. The Morgan fingerprint density at radius 1 is 1.26 bits per heavy atom. The molecular weight excluding hydrogens is 236 g/mol. The van der Waals surface area contributed by atoms with Crippen LogP contribution in [-0.4, -0.2) is 43.3 Å². The van der Waals surface area contributed by atoms with E-state index in [1.807, 2.05) is 0 Å². The summed E-state index contributed by atoms with van der Waals surface area (Å²) in [6.07, 6.45) is 4.04. The third-order valence-electron chi connectivity index (χ3n) is 4.26. The van der Waals surface area contributed by atoms with E-state index in [0.29, 0.717) is 12.1 Å². The first-order chi connectivity index (χ1) is 9.35. The second-order valence-corrected chi connectivity index (χ2v) is 5.66. The molecule has 1 aromatic carbocycles. The number of benzene rings is 1. The van der Waals surface area contributed by atoms with Gasteiger partial charge in [-0.05, 0) is 37.8 Å². The van der Waals surface area contributed by atoms with Crippen molar-refractivity contribution in [3.63, 3.8) is 0 Å². The van der Waals surface area contributed by atoms with Crippen LogP contribution in [0.25, 0.3) is 0 Å². The van der Waals surface area contributed by atoms with E-state index in [2.05, 4.69) is 41.4 Å². The highest BCUT2D eigenvalue weighted by Gasteiger charge is 2.25. The van der Waals surface area contributed by atoms with Crippen LogP contribution in [-0.2, 0) is 11.2 Å². The molecule has 0 aromatic heterocycles. The molecule has 0 amide bonds. The van der Waals surface area contributed by atoms with Crippen LogP contribution < -0.4 is 5.32 Å². The molecule has 3 nitrogen and oxygen atoms in total. The molecule has 104 valence electrons. The van der Waals surface area contributed by atoms with E-state index in [9.17, 15) is 0 Å². The molecule has 3 rings (SSSR count). The first kappa shape index (κ1) is 12.9. The second kappa shape index (κ2) is 5.93. The molecule has 0 radical (unpaired) electrons. The van der Waals surface area contributed by atoms with Gasteiger partial charge in [-0.25, -0.2) is 0 Å². The SMILES string of the molecule is CCOC1CCN(CC2Cc3ccccc3N2)CC1. The fourth-order valence-electron chi connectivity index (χ4n) is 3.29. The average Bonchev–Trinajstić information content (AvgIpc) is 2.83. The summed E-state index contributed by atoms with van der Waals surface area (Å²) < 4.78 is 5.71. The zero-order valence-electron chi connectivity index (χ0n) is 11.8. The highest BCUT2D eigenvalue weighted by atomic mass is 16.5. The second-order valence-electron chi connectivity index (χ2n) is 5.66. The van der Waals surface area contributed by atoms with Crippen LogP contribution in [0.1, 0.15) is 25.3 Å². The van der Waals surface area contributed by atoms with Crippen LogP contribution in [0.2, 0.25) is 0 Å². The maximum absolute atomic E-state index is 5.71. The summed E-state index contributed by atoms with van der Waals surface area (Å²) in [5.74, 6) is 0. The topological polar surface area (TPSA) is 24.5 Å². The zero-order chi connectivity index (χ0) is 13.1. The number of hydrogen-bond donors (Lipinski definition) is 1. The third kappa shape index (κ3) is 3.10. The fourth-order valence-corrected chi connectivity index (χ4v) is 3.29. The van der Waals surface area contributed by atoms with Crippen molar-refractivity contribution in [1.29, 1.82) is 0 Å². The van der Waals surface area contributed by atoms with Crippen LogP contribution in [0.5, 0.6) is 0 Å². The lowest BCUT2D eigenvalue weighted by Gasteiger charge is -2.33. The standard InChI is InChI=1S/C16H24N2O/c1-2-19-15-7-9-18(10-8-15)12-14-11-13-5-3-4-6-16(13)17-14/h3-6,14-15,17H,2,7-12H2,1H3. The third-order valence-corrected chi connectivity index (χ3v) is 4.26. The van der Waals surface area contributed by atoms with Crippen molar-refractivity contribution >= 4 is 5.69 Å². The van der Waals surface area contributed by atoms with Crippen molar-refractivity contribution < 1.29 is 4.74 Å². The summed E-state index contributed by atoms with van der Waals surface area (Å²) in [7, 11) is 0. The summed E-state index contributed by atoms with van der Waals surface area (Å²) in [4.78, 5) is 2.58. The Kier molecular flexibility index (Phi) is 4.04. The number of nitrogens with zero attached hydrogens (tertiary/aromatic N) is 1. The van der Waals surface area contributed by atoms with E-state index >= 15 is 0 Å². The monoisotopic (exact) mass is 260 g/mol. The number of para-hydroxylation sites is 1.